The van der Waals surface area contributed by atoms with Gasteiger partial charge in [-0.1, -0.05) is 60.7 Å². The van der Waals surface area contributed by atoms with E-state index in [0.29, 0.717) is 0 Å². The maximum Gasteiger partial charge on any atom is 0.234 e. The number of benzene rings is 2. The fraction of sp³-hybridized carbons (Fsp3) is 0.350. The van der Waals surface area contributed by atoms with Crippen molar-refractivity contribution in [1.29, 1.82) is 0 Å². The summed E-state index contributed by atoms with van der Waals surface area (Å²) in [6.45, 7) is 3.66. The quantitative estimate of drug-likeness (QED) is 0.944. The zero-order valence-corrected chi connectivity index (χ0v) is 13.6. The van der Waals surface area contributed by atoms with Gasteiger partial charge >= 0.3 is 0 Å². The Bertz CT molecular complexity index is 614. The van der Waals surface area contributed by atoms with Gasteiger partial charge in [0.15, 0.2) is 0 Å². The predicted molar refractivity (Wildman–Crippen MR) is 93.1 cm³/mol. The summed E-state index contributed by atoms with van der Waals surface area (Å²) in [6.07, 6.45) is 2.14. The van der Waals surface area contributed by atoms with E-state index < -0.39 is 0 Å². The molecule has 2 N–H and O–H groups in total. The van der Waals surface area contributed by atoms with Gasteiger partial charge in [0.1, 0.15) is 0 Å². The zero-order valence-electron chi connectivity index (χ0n) is 13.6. The summed E-state index contributed by atoms with van der Waals surface area (Å²) in [5.74, 6) is -0.248. The lowest BCUT2D eigenvalue weighted by molar-refractivity contribution is -0.123. The normalized spacial score (nSPS) is 19.2. The van der Waals surface area contributed by atoms with Crippen molar-refractivity contribution < 1.29 is 4.79 Å². The topological polar surface area (TPSA) is 46.3 Å². The van der Waals surface area contributed by atoms with E-state index in [1.54, 1.807) is 0 Å². The summed E-state index contributed by atoms with van der Waals surface area (Å²) in [7, 11) is 0. The Balaban J connectivity index is 2.05. The molecule has 1 heterocycles. The van der Waals surface area contributed by atoms with Crippen molar-refractivity contribution in [2.24, 2.45) is 5.73 Å². The fourth-order valence-electron chi connectivity index (χ4n) is 3.75. The molecule has 23 heavy (non-hydrogen) atoms. The Morgan fingerprint density at radius 3 is 2.04 bits per heavy atom. The molecule has 0 saturated carbocycles. The number of rotatable bonds is 4. The van der Waals surface area contributed by atoms with Crippen molar-refractivity contribution in [1.82, 2.24) is 4.90 Å². The van der Waals surface area contributed by atoms with Gasteiger partial charge < -0.3 is 5.73 Å². The number of amides is 1. The molecule has 1 aliphatic rings. The molecule has 3 nitrogen and oxygen atoms in total. The average Bonchev–Trinajstić information content (AvgIpc) is 2.62. The van der Waals surface area contributed by atoms with E-state index in [9.17, 15) is 4.79 Å². The average molecular weight is 308 g/mol. The molecule has 120 valence electrons. The fourth-order valence-corrected chi connectivity index (χ4v) is 3.75. The van der Waals surface area contributed by atoms with Crippen molar-refractivity contribution in [3.63, 3.8) is 0 Å². The predicted octanol–water partition coefficient (Wildman–Crippen LogP) is 2.94. The van der Waals surface area contributed by atoms with Crippen molar-refractivity contribution >= 4 is 5.91 Å². The van der Waals surface area contributed by atoms with Gasteiger partial charge in [-0.3, -0.25) is 9.69 Å². The molecule has 0 radical (unpaired) electrons. The largest absolute Gasteiger partial charge is 0.368 e. The molecule has 0 aliphatic carbocycles. The molecule has 1 saturated heterocycles. The molecule has 3 rings (SSSR count). The summed E-state index contributed by atoms with van der Waals surface area (Å²) in [4.78, 5) is 13.9. The van der Waals surface area contributed by atoms with E-state index in [2.05, 4.69) is 65.6 Å². The third kappa shape index (κ3) is 3.02. The second kappa shape index (κ2) is 6.55. The molecule has 2 aromatic rings. The molecule has 0 aromatic heterocycles. The highest BCUT2D eigenvalue weighted by molar-refractivity contribution is 5.79. The van der Waals surface area contributed by atoms with Gasteiger partial charge in [-0.05, 0) is 37.4 Å². The Morgan fingerprint density at radius 2 is 1.57 bits per heavy atom. The van der Waals surface area contributed by atoms with Crippen LogP contribution in [0.5, 0.6) is 0 Å². The molecular weight excluding hydrogens is 284 g/mol. The molecule has 1 unspecified atom stereocenters. The van der Waals surface area contributed by atoms with Gasteiger partial charge in [0, 0.05) is 12.0 Å². The highest BCUT2D eigenvalue weighted by atomic mass is 16.1. The van der Waals surface area contributed by atoms with E-state index in [1.807, 2.05) is 6.92 Å². The maximum absolute atomic E-state index is 11.7. The van der Waals surface area contributed by atoms with Gasteiger partial charge in [0.05, 0.1) is 6.04 Å². The number of hydrogen-bond acceptors (Lipinski definition) is 2. The first-order valence-electron chi connectivity index (χ1n) is 8.28. The van der Waals surface area contributed by atoms with Crippen LogP contribution in [0.15, 0.2) is 60.7 Å². The lowest BCUT2D eigenvalue weighted by Crippen LogP contribution is -2.53. The van der Waals surface area contributed by atoms with E-state index in [-0.39, 0.29) is 17.4 Å². The van der Waals surface area contributed by atoms with Crippen LogP contribution in [-0.2, 0) is 10.2 Å². The zero-order chi connectivity index (χ0) is 16.3. The van der Waals surface area contributed by atoms with Crippen molar-refractivity contribution in [3.8, 4) is 0 Å². The van der Waals surface area contributed by atoms with Gasteiger partial charge in [-0.25, -0.2) is 0 Å². The van der Waals surface area contributed by atoms with Crippen molar-refractivity contribution in [2.75, 3.05) is 13.1 Å². The number of nitrogens with zero attached hydrogens (tertiary/aromatic N) is 1. The van der Waals surface area contributed by atoms with E-state index >= 15 is 0 Å². The minimum atomic E-state index is -0.248. The molecule has 1 fully saturated rings. The molecule has 1 aliphatic heterocycles. The lowest BCUT2D eigenvalue weighted by atomic mass is 9.69. The summed E-state index contributed by atoms with van der Waals surface area (Å²) in [5, 5.41) is 0. The Labute approximate surface area is 138 Å². The molecule has 0 spiro atoms. The van der Waals surface area contributed by atoms with E-state index in [0.717, 1.165) is 25.9 Å². The number of nitrogens with two attached hydrogens (primary N) is 1. The molecular formula is C20H24N2O. The monoisotopic (exact) mass is 308 g/mol. The maximum atomic E-state index is 11.7. The molecule has 3 heteroatoms. The first-order chi connectivity index (χ1) is 11.1. The highest BCUT2D eigenvalue weighted by Crippen LogP contribution is 2.40. The summed E-state index contributed by atoms with van der Waals surface area (Å²) in [5.41, 5.74) is 8.10. The van der Waals surface area contributed by atoms with Crippen LogP contribution in [0.2, 0.25) is 0 Å². The number of piperidine rings is 1. The van der Waals surface area contributed by atoms with Crippen molar-refractivity contribution in [3.05, 3.63) is 71.8 Å². The van der Waals surface area contributed by atoms with E-state index in [4.69, 9.17) is 5.73 Å². The van der Waals surface area contributed by atoms with Crippen molar-refractivity contribution in [2.45, 2.75) is 31.2 Å². The molecule has 1 amide bonds. The van der Waals surface area contributed by atoms with Crippen LogP contribution in [0.4, 0.5) is 0 Å². The Kier molecular flexibility index (Phi) is 4.49. The van der Waals surface area contributed by atoms with E-state index in [1.165, 1.54) is 11.1 Å². The number of primary amides is 1. The molecule has 2 aromatic carbocycles. The van der Waals surface area contributed by atoms with Gasteiger partial charge in [-0.2, -0.15) is 0 Å². The van der Waals surface area contributed by atoms with Crippen LogP contribution in [0.3, 0.4) is 0 Å². The van der Waals surface area contributed by atoms with Crippen LogP contribution in [-0.4, -0.2) is 29.9 Å². The summed E-state index contributed by atoms with van der Waals surface area (Å²) < 4.78 is 0. The summed E-state index contributed by atoms with van der Waals surface area (Å²) >= 11 is 0. The first kappa shape index (κ1) is 15.8. The number of carbonyl (C=O) groups is 1. The molecule has 1 atom stereocenters. The Morgan fingerprint density at radius 1 is 1.04 bits per heavy atom. The first-order valence-corrected chi connectivity index (χ1v) is 8.28. The SMILES string of the molecule is CC(C(N)=O)N1CCCC(c2ccccc2)(c2ccccc2)C1. The number of likely N-dealkylation sites (tertiary alicyclic amines) is 1. The third-order valence-corrected chi connectivity index (χ3v) is 5.13. The lowest BCUT2D eigenvalue weighted by Gasteiger charge is -2.45. The Hall–Kier alpha value is -2.13. The van der Waals surface area contributed by atoms with Gasteiger partial charge in [0.2, 0.25) is 5.91 Å². The van der Waals surface area contributed by atoms with Gasteiger partial charge in [0.25, 0.3) is 0 Å². The standard InChI is InChI=1S/C20H24N2O/c1-16(19(21)23)22-14-8-13-20(15-22,17-9-4-2-5-10-17)18-11-6-3-7-12-18/h2-7,9-12,16H,8,13-15H2,1H3,(H2,21,23). The van der Waals surface area contributed by atoms with Gasteiger partial charge in [-0.15, -0.1) is 0 Å². The minimum Gasteiger partial charge on any atom is -0.368 e. The second-order valence-electron chi connectivity index (χ2n) is 6.47. The van der Waals surface area contributed by atoms with Crippen LogP contribution in [0, 0.1) is 0 Å². The third-order valence-electron chi connectivity index (χ3n) is 5.13. The molecule has 0 bridgehead atoms. The van der Waals surface area contributed by atoms with Crippen LogP contribution < -0.4 is 5.73 Å². The second-order valence-corrected chi connectivity index (χ2v) is 6.47. The minimum absolute atomic E-state index is 0.0789. The van der Waals surface area contributed by atoms with Crippen LogP contribution in [0.25, 0.3) is 0 Å². The summed E-state index contributed by atoms with van der Waals surface area (Å²) in [6, 6.07) is 21.0. The van der Waals surface area contributed by atoms with Crippen LogP contribution in [0.1, 0.15) is 30.9 Å². The van der Waals surface area contributed by atoms with Crippen LogP contribution >= 0.6 is 0 Å². The number of carbonyl (C=O) groups excluding carboxylic acids is 1. The highest BCUT2D eigenvalue weighted by Gasteiger charge is 2.40. The number of hydrogen-bond donors (Lipinski definition) is 1. The smallest absolute Gasteiger partial charge is 0.234 e.